The number of nitrogens with one attached hydrogen (secondary N) is 1. The molecule has 25 heavy (non-hydrogen) atoms. The van der Waals surface area contributed by atoms with Crippen molar-refractivity contribution in [3.8, 4) is 0 Å². The van der Waals surface area contributed by atoms with Crippen molar-refractivity contribution in [3.63, 3.8) is 0 Å². The highest BCUT2D eigenvalue weighted by molar-refractivity contribution is 6.30. The molecular weight excluding hydrogens is 336 g/mol. The van der Waals surface area contributed by atoms with Gasteiger partial charge in [-0.05, 0) is 61.7 Å². The zero-order valence-electron chi connectivity index (χ0n) is 14.2. The number of hydrogen-bond acceptors (Lipinski definition) is 2. The molecule has 0 bridgehead atoms. The number of rotatable bonds is 4. The quantitative estimate of drug-likeness (QED) is 0.885. The lowest BCUT2D eigenvalue weighted by molar-refractivity contribution is -0.119. The third-order valence-electron chi connectivity index (χ3n) is 4.46. The van der Waals surface area contributed by atoms with Crippen LogP contribution >= 0.6 is 11.6 Å². The first kappa shape index (κ1) is 17.5. The minimum Gasteiger partial charge on any atom is -0.346 e. The Hall–Kier alpha value is -2.33. The van der Waals surface area contributed by atoms with Crippen molar-refractivity contribution in [3.05, 3.63) is 64.7 Å². The molecule has 1 saturated heterocycles. The second-order valence-electron chi connectivity index (χ2n) is 6.30. The molecule has 5 heteroatoms. The topological polar surface area (TPSA) is 49.4 Å². The SMILES string of the molecule is CC(NC(=O)c1ccc(N2CCCCC2=O)cc1)c1cccc(Cl)c1. The fourth-order valence-electron chi connectivity index (χ4n) is 3.01. The van der Waals surface area contributed by atoms with E-state index >= 15 is 0 Å². The van der Waals surface area contributed by atoms with Crippen LogP contribution in [-0.4, -0.2) is 18.4 Å². The first-order valence-electron chi connectivity index (χ1n) is 8.51. The smallest absolute Gasteiger partial charge is 0.251 e. The molecule has 1 N–H and O–H groups in total. The van der Waals surface area contributed by atoms with Gasteiger partial charge in [0.1, 0.15) is 0 Å². The van der Waals surface area contributed by atoms with Crippen LogP contribution in [-0.2, 0) is 4.79 Å². The number of piperidine rings is 1. The summed E-state index contributed by atoms with van der Waals surface area (Å²) in [6.45, 7) is 2.67. The lowest BCUT2D eigenvalue weighted by Crippen LogP contribution is -2.35. The monoisotopic (exact) mass is 356 g/mol. The second-order valence-corrected chi connectivity index (χ2v) is 6.74. The molecule has 4 nitrogen and oxygen atoms in total. The second kappa shape index (κ2) is 7.70. The summed E-state index contributed by atoms with van der Waals surface area (Å²) >= 11 is 6.00. The van der Waals surface area contributed by atoms with Crippen molar-refractivity contribution in [1.82, 2.24) is 5.32 Å². The maximum Gasteiger partial charge on any atom is 0.251 e. The molecule has 1 heterocycles. The van der Waals surface area contributed by atoms with Crippen molar-refractivity contribution in [2.24, 2.45) is 0 Å². The largest absolute Gasteiger partial charge is 0.346 e. The molecule has 1 unspecified atom stereocenters. The van der Waals surface area contributed by atoms with Crippen molar-refractivity contribution < 1.29 is 9.59 Å². The van der Waals surface area contributed by atoms with Gasteiger partial charge in [-0.2, -0.15) is 0 Å². The molecule has 2 aromatic carbocycles. The molecule has 0 spiro atoms. The average Bonchev–Trinajstić information content (AvgIpc) is 2.62. The van der Waals surface area contributed by atoms with E-state index in [1.165, 1.54) is 0 Å². The Kier molecular flexibility index (Phi) is 5.39. The van der Waals surface area contributed by atoms with Crippen molar-refractivity contribution in [2.45, 2.75) is 32.2 Å². The molecule has 0 aliphatic carbocycles. The molecule has 3 rings (SSSR count). The highest BCUT2D eigenvalue weighted by Gasteiger charge is 2.20. The zero-order valence-corrected chi connectivity index (χ0v) is 14.9. The van der Waals surface area contributed by atoms with E-state index in [9.17, 15) is 9.59 Å². The number of carbonyl (C=O) groups excluding carboxylic acids is 2. The first-order chi connectivity index (χ1) is 12.0. The summed E-state index contributed by atoms with van der Waals surface area (Å²) in [7, 11) is 0. The van der Waals surface area contributed by atoms with Crippen LogP contribution in [0.2, 0.25) is 5.02 Å². The number of benzene rings is 2. The molecule has 0 radical (unpaired) electrons. The van der Waals surface area contributed by atoms with Gasteiger partial charge in [0, 0.05) is 29.2 Å². The van der Waals surface area contributed by atoms with Crippen LogP contribution in [0.1, 0.15) is 48.1 Å². The van der Waals surface area contributed by atoms with Crippen LogP contribution in [0.5, 0.6) is 0 Å². The Morgan fingerprint density at radius 2 is 1.92 bits per heavy atom. The Morgan fingerprint density at radius 1 is 1.16 bits per heavy atom. The van der Waals surface area contributed by atoms with Gasteiger partial charge in [0.2, 0.25) is 5.91 Å². The predicted molar refractivity (Wildman–Crippen MR) is 100.0 cm³/mol. The fraction of sp³-hybridized carbons (Fsp3) is 0.300. The van der Waals surface area contributed by atoms with Gasteiger partial charge >= 0.3 is 0 Å². The van der Waals surface area contributed by atoms with Crippen LogP contribution < -0.4 is 10.2 Å². The van der Waals surface area contributed by atoms with Gasteiger partial charge in [-0.15, -0.1) is 0 Å². The molecule has 130 valence electrons. The first-order valence-corrected chi connectivity index (χ1v) is 8.89. The maximum atomic E-state index is 12.4. The minimum absolute atomic E-state index is 0.144. The number of amides is 2. The van der Waals surface area contributed by atoms with Crippen molar-refractivity contribution in [1.29, 1.82) is 0 Å². The Labute approximate surface area is 152 Å². The molecule has 2 amide bonds. The molecule has 1 aliphatic heterocycles. The Balaban J connectivity index is 1.67. The summed E-state index contributed by atoms with van der Waals surface area (Å²) in [4.78, 5) is 26.2. The van der Waals surface area contributed by atoms with E-state index in [1.807, 2.05) is 37.3 Å². The minimum atomic E-state index is -0.149. The van der Waals surface area contributed by atoms with Crippen LogP contribution in [0, 0.1) is 0 Å². The van der Waals surface area contributed by atoms with E-state index in [0.29, 0.717) is 17.0 Å². The van der Waals surface area contributed by atoms with E-state index < -0.39 is 0 Å². The number of hydrogen-bond donors (Lipinski definition) is 1. The molecule has 1 atom stereocenters. The summed E-state index contributed by atoms with van der Waals surface area (Å²) in [5, 5.41) is 3.62. The Bertz CT molecular complexity index is 774. The molecule has 0 saturated carbocycles. The van der Waals surface area contributed by atoms with E-state index in [1.54, 1.807) is 23.1 Å². The number of carbonyl (C=O) groups is 2. The lowest BCUT2D eigenvalue weighted by atomic mass is 10.1. The van der Waals surface area contributed by atoms with E-state index in [-0.39, 0.29) is 17.9 Å². The lowest BCUT2D eigenvalue weighted by Gasteiger charge is -2.26. The highest BCUT2D eigenvalue weighted by atomic mass is 35.5. The molecule has 1 fully saturated rings. The van der Waals surface area contributed by atoms with Gasteiger partial charge in [0.05, 0.1) is 6.04 Å². The zero-order chi connectivity index (χ0) is 17.8. The summed E-state index contributed by atoms with van der Waals surface area (Å²) in [6.07, 6.45) is 2.57. The van der Waals surface area contributed by atoms with Crippen LogP contribution in [0.3, 0.4) is 0 Å². The van der Waals surface area contributed by atoms with Gasteiger partial charge < -0.3 is 10.2 Å². The van der Waals surface area contributed by atoms with E-state index in [2.05, 4.69) is 5.32 Å². The molecule has 2 aromatic rings. The summed E-state index contributed by atoms with van der Waals surface area (Å²) in [5.41, 5.74) is 2.38. The van der Waals surface area contributed by atoms with Gasteiger partial charge in [-0.3, -0.25) is 9.59 Å². The van der Waals surface area contributed by atoms with Crippen LogP contribution in [0.4, 0.5) is 5.69 Å². The summed E-state index contributed by atoms with van der Waals surface area (Å²) in [5.74, 6) is 0.00188. The fourth-order valence-corrected chi connectivity index (χ4v) is 3.21. The average molecular weight is 357 g/mol. The van der Waals surface area contributed by atoms with Crippen molar-refractivity contribution >= 4 is 29.1 Å². The van der Waals surface area contributed by atoms with E-state index in [4.69, 9.17) is 11.6 Å². The molecule has 1 aliphatic rings. The summed E-state index contributed by atoms with van der Waals surface area (Å²) < 4.78 is 0. The highest BCUT2D eigenvalue weighted by Crippen LogP contribution is 2.22. The third kappa shape index (κ3) is 4.20. The van der Waals surface area contributed by atoms with Gasteiger partial charge in [-0.1, -0.05) is 23.7 Å². The van der Waals surface area contributed by atoms with Gasteiger partial charge in [0.15, 0.2) is 0 Å². The maximum absolute atomic E-state index is 12.4. The normalized spacial score (nSPS) is 15.8. The third-order valence-corrected chi connectivity index (χ3v) is 4.70. The standard InChI is InChI=1S/C20H21ClN2O2/c1-14(16-5-4-6-17(21)13-16)22-20(25)15-8-10-18(11-9-15)23-12-3-2-7-19(23)24/h4-6,8-11,13-14H,2-3,7,12H2,1H3,(H,22,25). The number of nitrogens with zero attached hydrogens (tertiary/aromatic N) is 1. The Morgan fingerprint density at radius 3 is 2.60 bits per heavy atom. The predicted octanol–water partition coefficient (Wildman–Crippen LogP) is 4.35. The van der Waals surface area contributed by atoms with Crippen molar-refractivity contribution in [2.75, 3.05) is 11.4 Å². The molecular formula is C20H21ClN2O2. The van der Waals surface area contributed by atoms with Gasteiger partial charge in [0.25, 0.3) is 5.91 Å². The van der Waals surface area contributed by atoms with Crippen LogP contribution in [0.25, 0.3) is 0 Å². The number of halogens is 1. The molecule has 0 aromatic heterocycles. The summed E-state index contributed by atoms with van der Waals surface area (Å²) in [6, 6.07) is 14.5. The van der Waals surface area contributed by atoms with Crippen LogP contribution in [0.15, 0.2) is 48.5 Å². The number of anilines is 1. The van der Waals surface area contributed by atoms with Gasteiger partial charge in [-0.25, -0.2) is 0 Å². The van der Waals surface area contributed by atoms with E-state index in [0.717, 1.165) is 30.6 Å².